The van der Waals surface area contributed by atoms with Gasteiger partial charge in [-0.15, -0.1) is 0 Å². The predicted octanol–water partition coefficient (Wildman–Crippen LogP) is 7.26. The Balaban J connectivity index is 1.79. The van der Waals surface area contributed by atoms with Crippen LogP contribution in [0.1, 0.15) is 65.2 Å². The highest BCUT2D eigenvalue weighted by molar-refractivity contribution is 8.01. The Kier molecular flexibility index (Phi) is 9.41. The minimum Gasteiger partial charge on any atom is -0.389 e. The van der Waals surface area contributed by atoms with Crippen LogP contribution in [0.5, 0.6) is 0 Å². The van der Waals surface area contributed by atoms with Crippen molar-refractivity contribution in [3.63, 3.8) is 0 Å². The third-order valence-electron chi connectivity index (χ3n) is 4.60. The molecule has 0 aliphatic heterocycles. The van der Waals surface area contributed by atoms with Crippen LogP contribution in [0.25, 0.3) is 11.3 Å². The van der Waals surface area contributed by atoms with Gasteiger partial charge < -0.3 is 5.73 Å². The highest BCUT2D eigenvalue weighted by atomic mass is 32.2. The molecule has 1 aromatic carbocycles. The van der Waals surface area contributed by atoms with Crippen LogP contribution in [0.2, 0.25) is 0 Å². The first-order valence-corrected chi connectivity index (χ1v) is 11.5. The lowest BCUT2D eigenvalue weighted by Gasteiger charge is -2.15. The maximum Gasteiger partial charge on any atom is 0.152 e. The molecule has 0 aliphatic rings. The fraction of sp³-hybridized carbons (Fsp3) is 0.571. The molecule has 0 radical (unpaired) electrons. The van der Waals surface area contributed by atoms with Crippen LogP contribution in [-0.4, -0.2) is 10.7 Å². The van der Waals surface area contributed by atoms with Crippen LogP contribution in [0.3, 0.4) is 0 Å². The summed E-state index contributed by atoms with van der Waals surface area (Å²) in [6.07, 6.45) is 10.8. The number of nitrogens with two attached hydrogens (primary N) is 1. The lowest BCUT2D eigenvalue weighted by Crippen LogP contribution is -2.01. The second-order valence-corrected chi connectivity index (χ2v) is 9.07. The van der Waals surface area contributed by atoms with Gasteiger partial charge in [-0.05, 0) is 18.8 Å². The van der Waals surface area contributed by atoms with Crippen LogP contribution >= 0.6 is 23.1 Å². The molecule has 0 saturated heterocycles. The lowest BCUT2D eigenvalue weighted by molar-refractivity contribution is 0.391. The van der Waals surface area contributed by atoms with Gasteiger partial charge in [0.15, 0.2) is 4.34 Å². The van der Waals surface area contributed by atoms with Crippen LogP contribution in [-0.2, 0) is 0 Å². The monoisotopic (exact) mass is 376 g/mol. The summed E-state index contributed by atoms with van der Waals surface area (Å²) >= 11 is 3.49. The van der Waals surface area contributed by atoms with E-state index < -0.39 is 0 Å². The van der Waals surface area contributed by atoms with Crippen molar-refractivity contribution in [3.8, 4) is 11.3 Å². The summed E-state index contributed by atoms with van der Waals surface area (Å²) in [6.45, 7) is 4.59. The molecule has 0 amide bonds. The summed E-state index contributed by atoms with van der Waals surface area (Å²) < 4.78 is 1.11. The van der Waals surface area contributed by atoms with Gasteiger partial charge >= 0.3 is 0 Å². The zero-order chi connectivity index (χ0) is 17.9. The predicted molar refractivity (Wildman–Crippen MR) is 114 cm³/mol. The molecule has 25 heavy (non-hydrogen) atoms. The minimum absolute atomic E-state index is 0.831. The molecule has 0 bridgehead atoms. The van der Waals surface area contributed by atoms with Gasteiger partial charge in [-0.3, -0.25) is 0 Å². The molecule has 1 aromatic heterocycles. The van der Waals surface area contributed by atoms with Gasteiger partial charge in [0, 0.05) is 11.3 Å². The first-order valence-electron chi connectivity index (χ1n) is 9.69. The van der Waals surface area contributed by atoms with E-state index in [0.717, 1.165) is 32.3 Å². The number of aromatic nitrogens is 1. The Hall–Kier alpha value is -1.00. The van der Waals surface area contributed by atoms with Gasteiger partial charge in [0.05, 0.1) is 0 Å². The van der Waals surface area contributed by atoms with Gasteiger partial charge in [0.2, 0.25) is 0 Å². The van der Waals surface area contributed by atoms with Crippen molar-refractivity contribution in [2.45, 2.75) is 69.6 Å². The zero-order valence-electron chi connectivity index (χ0n) is 15.7. The van der Waals surface area contributed by atoms with E-state index in [4.69, 9.17) is 10.7 Å². The number of anilines is 1. The van der Waals surface area contributed by atoms with Crippen LogP contribution in [0.4, 0.5) is 5.00 Å². The molecule has 0 unspecified atom stereocenters. The maximum absolute atomic E-state index is 6.18. The van der Waals surface area contributed by atoms with Gasteiger partial charge in [-0.1, -0.05) is 106 Å². The molecule has 138 valence electrons. The fourth-order valence-corrected chi connectivity index (χ4v) is 5.11. The molecule has 4 heteroatoms. The van der Waals surface area contributed by atoms with Crippen molar-refractivity contribution in [3.05, 3.63) is 30.3 Å². The lowest BCUT2D eigenvalue weighted by atomic mass is 9.92. The Labute approximate surface area is 161 Å². The van der Waals surface area contributed by atoms with E-state index in [9.17, 15) is 0 Å². The van der Waals surface area contributed by atoms with Crippen molar-refractivity contribution in [1.29, 1.82) is 0 Å². The zero-order valence-corrected chi connectivity index (χ0v) is 17.3. The first-order chi connectivity index (χ1) is 12.2. The molecule has 2 N–H and O–H groups in total. The van der Waals surface area contributed by atoms with Gasteiger partial charge in [0.25, 0.3) is 0 Å². The van der Waals surface area contributed by atoms with E-state index in [1.165, 1.54) is 51.4 Å². The maximum atomic E-state index is 6.18. The second-order valence-electron chi connectivity index (χ2n) is 6.70. The smallest absolute Gasteiger partial charge is 0.152 e. The number of rotatable bonds is 12. The summed E-state index contributed by atoms with van der Waals surface area (Å²) in [4.78, 5) is 4.75. The Morgan fingerprint density at radius 1 is 1.00 bits per heavy atom. The SMILES string of the molecule is CCCCC(CCCC)CCCSc1nc(-c2ccccc2)c(N)s1. The van der Waals surface area contributed by atoms with Crippen molar-refractivity contribution in [2.24, 2.45) is 5.92 Å². The molecule has 2 rings (SSSR count). The third-order valence-corrected chi connectivity index (χ3v) is 6.71. The topological polar surface area (TPSA) is 38.9 Å². The van der Waals surface area contributed by atoms with Crippen LogP contribution in [0, 0.1) is 5.92 Å². The number of nitrogen functional groups attached to an aromatic ring is 1. The molecule has 0 atom stereocenters. The highest BCUT2D eigenvalue weighted by Crippen LogP contribution is 2.35. The van der Waals surface area contributed by atoms with Crippen molar-refractivity contribution in [1.82, 2.24) is 4.98 Å². The molecule has 1 heterocycles. The number of nitrogens with zero attached hydrogens (tertiary/aromatic N) is 1. The molecular formula is C21H32N2S2. The minimum atomic E-state index is 0.831. The summed E-state index contributed by atoms with van der Waals surface area (Å²) in [6, 6.07) is 10.2. The Bertz CT molecular complexity index is 587. The number of hydrogen-bond acceptors (Lipinski definition) is 4. The van der Waals surface area contributed by atoms with Gasteiger partial charge in [0.1, 0.15) is 10.7 Å². The highest BCUT2D eigenvalue weighted by Gasteiger charge is 2.12. The van der Waals surface area contributed by atoms with Crippen LogP contribution in [0.15, 0.2) is 34.7 Å². The number of unbranched alkanes of at least 4 members (excludes halogenated alkanes) is 2. The second kappa shape index (κ2) is 11.6. The summed E-state index contributed by atoms with van der Waals surface area (Å²) in [5.74, 6) is 2.07. The van der Waals surface area contributed by atoms with Gasteiger partial charge in [-0.2, -0.15) is 0 Å². The molecule has 0 fully saturated rings. The van der Waals surface area contributed by atoms with E-state index in [1.54, 1.807) is 11.3 Å². The molecule has 2 aromatic rings. The van der Waals surface area contributed by atoms with Crippen molar-refractivity contribution < 1.29 is 0 Å². The Morgan fingerprint density at radius 2 is 1.64 bits per heavy atom. The van der Waals surface area contributed by atoms with E-state index in [0.29, 0.717) is 0 Å². The van der Waals surface area contributed by atoms with E-state index in [1.807, 2.05) is 30.0 Å². The number of thiazole rings is 1. The Morgan fingerprint density at radius 3 is 2.28 bits per heavy atom. The quantitative estimate of drug-likeness (QED) is 0.313. The first kappa shape index (κ1) is 20.3. The normalized spacial score (nSPS) is 11.3. The largest absolute Gasteiger partial charge is 0.389 e. The molecule has 2 nitrogen and oxygen atoms in total. The molecule has 0 aliphatic carbocycles. The summed E-state index contributed by atoms with van der Waals surface area (Å²) in [7, 11) is 0. The molecule has 0 spiro atoms. The average Bonchev–Trinajstić information content (AvgIpc) is 3.01. The van der Waals surface area contributed by atoms with E-state index >= 15 is 0 Å². The average molecular weight is 377 g/mol. The summed E-state index contributed by atoms with van der Waals surface area (Å²) in [5.41, 5.74) is 8.23. The number of benzene rings is 1. The summed E-state index contributed by atoms with van der Waals surface area (Å²) in [5, 5.41) is 0.831. The fourth-order valence-electron chi connectivity index (χ4n) is 3.13. The molecular weight excluding hydrogens is 344 g/mol. The van der Waals surface area contributed by atoms with Crippen LogP contribution < -0.4 is 5.73 Å². The number of hydrogen-bond donors (Lipinski definition) is 1. The van der Waals surface area contributed by atoms with Gasteiger partial charge in [-0.25, -0.2) is 4.98 Å². The standard InChI is InChI=1S/C21H32N2S2/c1-3-5-11-17(12-6-4-2)13-10-16-24-21-23-19(20(22)25-21)18-14-8-7-9-15-18/h7-9,14-15,17H,3-6,10-13,16,22H2,1-2H3. The molecule has 0 saturated carbocycles. The third kappa shape index (κ3) is 7.02. The van der Waals surface area contributed by atoms with E-state index in [2.05, 4.69) is 26.0 Å². The number of thioether (sulfide) groups is 1. The van der Waals surface area contributed by atoms with Crippen molar-refractivity contribution >= 4 is 28.1 Å². The van der Waals surface area contributed by atoms with Crippen molar-refractivity contribution in [2.75, 3.05) is 11.5 Å². The van der Waals surface area contributed by atoms with E-state index in [-0.39, 0.29) is 0 Å².